The van der Waals surface area contributed by atoms with E-state index in [4.69, 9.17) is 4.98 Å². The van der Waals surface area contributed by atoms with E-state index in [0.717, 1.165) is 48.5 Å². The van der Waals surface area contributed by atoms with E-state index < -0.39 is 0 Å². The molecule has 1 aliphatic heterocycles. The summed E-state index contributed by atoms with van der Waals surface area (Å²) in [6.45, 7) is 10.8. The van der Waals surface area contributed by atoms with Crippen LogP contribution < -0.4 is 10.2 Å². The highest BCUT2D eigenvalue weighted by atomic mass is 15.3. The molecule has 0 radical (unpaired) electrons. The quantitative estimate of drug-likeness (QED) is 0.539. The number of likely N-dealkylation sites (N-methyl/N-ethyl adjacent to an activating group) is 1. The van der Waals surface area contributed by atoms with E-state index in [9.17, 15) is 0 Å². The van der Waals surface area contributed by atoms with Crippen LogP contribution >= 0.6 is 0 Å². The molecule has 4 aromatic rings. The molecule has 0 amide bonds. The van der Waals surface area contributed by atoms with Gasteiger partial charge < -0.3 is 15.1 Å². The molecule has 5 rings (SSSR count). The average Bonchev–Trinajstić information content (AvgIpc) is 3.20. The SMILES string of the molecule is Cc1cc(Nc2ncc3ccc4ccc(C(C)C)n4c3n2)ncc1N1CCN(C)CC1. The standard InChI is InChI=1S/C24H29N7/c1-16(2)20-8-7-19-6-5-18-14-26-24(28-23(18)31(19)20)27-22-13-17(3)21(15-25-22)30-11-9-29(4)10-12-30/h5-8,13-16H,9-12H2,1-4H3,(H,25,26,27,28). The van der Waals surface area contributed by atoms with E-state index in [1.807, 2.05) is 12.4 Å². The zero-order valence-electron chi connectivity index (χ0n) is 18.6. The van der Waals surface area contributed by atoms with Crippen molar-refractivity contribution in [3.05, 3.63) is 54.0 Å². The number of anilines is 3. The normalized spacial score (nSPS) is 15.3. The first kappa shape index (κ1) is 19.8. The van der Waals surface area contributed by atoms with E-state index in [1.54, 1.807) is 0 Å². The van der Waals surface area contributed by atoms with Crippen molar-refractivity contribution < 1.29 is 0 Å². The Balaban J connectivity index is 1.46. The Morgan fingerprint density at radius 1 is 0.968 bits per heavy atom. The highest BCUT2D eigenvalue weighted by molar-refractivity contribution is 5.80. The summed E-state index contributed by atoms with van der Waals surface area (Å²) in [4.78, 5) is 18.8. The predicted octanol–water partition coefficient (Wildman–Crippen LogP) is 4.20. The molecule has 1 aliphatic rings. The van der Waals surface area contributed by atoms with Crippen molar-refractivity contribution in [3.8, 4) is 0 Å². The molecule has 4 aromatic heterocycles. The third-order valence-corrected chi connectivity index (χ3v) is 6.14. The van der Waals surface area contributed by atoms with Gasteiger partial charge in [0, 0.05) is 49.0 Å². The lowest BCUT2D eigenvalue weighted by Gasteiger charge is -2.34. The molecule has 0 unspecified atom stereocenters. The van der Waals surface area contributed by atoms with Crippen molar-refractivity contribution in [1.29, 1.82) is 0 Å². The van der Waals surface area contributed by atoms with Crippen LogP contribution in [0.2, 0.25) is 0 Å². The molecule has 1 fully saturated rings. The number of piperazine rings is 1. The summed E-state index contributed by atoms with van der Waals surface area (Å²) in [7, 11) is 2.17. The van der Waals surface area contributed by atoms with Gasteiger partial charge in [0.25, 0.3) is 0 Å². The maximum atomic E-state index is 4.85. The van der Waals surface area contributed by atoms with Crippen molar-refractivity contribution in [2.75, 3.05) is 43.4 Å². The second-order valence-corrected chi connectivity index (χ2v) is 8.75. The summed E-state index contributed by atoms with van der Waals surface area (Å²) in [5.74, 6) is 1.73. The average molecular weight is 416 g/mol. The van der Waals surface area contributed by atoms with Crippen LogP contribution in [0.15, 0.2) is 42.7 Å². The number of rotatable bonds is 4. The molecule has 160 valence electrons. The number of fused-ring (bicyclic) bond motifs is 3. The monoisotopic (exact) mass is 415 g/mol. The molecule has 0 atom stereocenters. The molecule has 5 heterocycles. The van der Waals surface area contributed by atoms with Gasteiger partial charge in [0.1, 0.15) is 11.5 Å². The number of nitrogens with one attached hydrogen (secondary N) is 1. The molecule has 1 saturated heterocycles. The minimum absolute atomic E-state index is 0.408. The summed E-state index contributed by atoms with van der Waals surface area (Å²) in [6.07, 6.45) is 3.84. The Bertz CT molecular complexity index is 1240. The first-order valence-corrected chi connectivity index (χ1v) is 10.9. The maximum absolute atomic E-state index is 4.85. The molecule has 0 spiro atoms. The van der Waals surface area contributed by atoms with Crippen LogP contribution in [0.1, 0.15) is 31.0 Å². The van der Waals surface area contributed by atoms with Crippen LogP contribution in [-0.4, -0.2) is 57.5 Å². The Labute approximate surface area is 182 Å². The van der Waals surface area contributed by atoms with Crippen LogP contribution in [-0.2, 0) is 0 Å². The first-order valence-electron chi connectivity index (χ1n) is 10.9. The fourth-order valence-electron chi connectivity index (χ4n) is 4.32. The Morgan fingerprint density at radius 2 is 1.74 bits per heavy atom. The summed E-state index contributed by atoms with van der Waals surface area (Å²) in [5, 5.41) is 4.33. The van der Waals surface area contributed by atoms with Crippen molar-refractivity contribution in [3.63, 3.8) is 0 Å². The highest BCUT2D eigenvalue weighted by Gasteiger charge is 2.17. The van der Waals surface area contributed by atoms with Crippen LogP contribution in [0, 0.1) is 6.92 Å². The van der Waals surface area contributed by atoms with Gasteiger partial charge in [-0.2, -0.15) is 4.98 Å². The molecule has 7 nitrogen and oxygen atoms in total. The van der Waals surface area contributed by atoms with E-state index in [2.05, 4.69) is 87.6 Å². The smallest absolute Gasteiger partial charge is 0.230 e. The van der Waals surface area contributed by atoms with Crippen molar-refractivity contribution in [2.45, 2.75) is 26.7 Å². The Hall–Kier alpha value is -3.19. The Kier molecular flexibility index (Phi) is 4.98. The number of hydrogen-bond acceptors (Lipinski definition) is 6. The fraction of sp³-hybridized carbons (Fsp3) is 0.375. The minimum Gasteiger partial charge on any atom is -0.368 e. The third-order valence-electron chi connectivity index (χ3n) is 6.14. The zero-order valence-corrected chi connectivity index (χ0v) is 18.6. The molecule has 7 heteroatoms. The molecular formula is C24H29N7. The molecule has 1 N–H and O–H groups in total. The maximum Gasteiger partial charge on any atom is 0.230 e. The summed E-state index contributed by atoms with van der Waals surface area (Å²) >= 11 is 0. The van der Waals surface area contributed by atoms with E-state index >= 15 is 0 Å². The van der Waals surface area contributed by atoms with Gasteiger partial charge in [-0.05, 0) is 55.8 Å². The van der Waals surface area contributed by atoms with Crippen LogP contribution in [0.25, 0.3) is 16.6 Å². The van der Waals surface area contributed by atoms with Gasteiger partial charge in [-0.25, -0.2) is 9.97 Å². The van der Waals surface area contributed by atoms with E-state index in [0.29, 0.717) is 11.9 Å². The number of nitrogens with zero attached hydrogens (tertiary/aromatic N) is 6. The van der Waals surface area contributed by atoms with Gasteiger partial charge >= 0.3 is 0 Å². The van der Waals surface area contributed by atoms with Gasteiger partial charge in [-0.3, -0.25) is 4.40 Å². The minimum atomic E-state index is 0.408. The molecule has 31 heavy (non-hydrogen) atoms. The lowest BCUT2D eigenvalue weighted by Crippen LogP contribution is -2.44. The summed E-state index contributed by atoms with van der Waals surface area (Å²) < 4.78 is 2.22. The topological polar surface area (TPSA) is 61.6 Å². The molecule has 0 saturated carbocycles. The largest absolute Gasteiger partial charge is 0.368 e. The van der Waals surface area contributed by atoms with Crippen molar-refractivity contribution in [2.24, 2.45) is 0 Å². The number of aromatic nitrogens is 4. The first-order chi connectivity index (χ1) is 15.0. The molecule has 0 aliphatic carbocycles. The van der Waals surface area contributed by atoms with Crippen molar-refractivity contribution in [1.82, 2.24) is 24.3 Å². The second kappa shape index (κ2) is 7.81. The summed E-state index contributed by atoms with van der Waals surface area (Å²) in [5.41, 5.74) is 5.71. The van der Waals surface area contributed by atoms with Gasteiger partial charge in [0.2, 0.25) is 5.95 Å². The number of aryl methyl sites for hydroxylation is 1. The number of hydrogen-bond donors (Lipinski definition) is 1. The molecular weight excluding hydrogens is 386 g/mol. The number of pyridine rings is 2. The van der Waals surface area contributed by atoms with Gasteiger partial charge in [0.05, 0.1) is 11.9 Å². The van der Waals surface area contributed by atoms with E-state index in [-0.39, 0.29) is 0 Å². The van der Waals surface area contributed by atoms with Crippen LogP contribution in [0.3, 0.4) is 0 Å². The van der Waals surface area contributed by atoms with Gasteiger partial charge in [-0.1, -0.05) is 13.8 Å². The van der Waals surface area contributed by atoms with E-state index in [1.165, 1.54) is 16.9 Å². The third kappa shape index (κ3) is 3.70. The van der Waals surface area contributed by atoms with Gasteiger partial charge in [0.15, 0.2) is 0 Å². The lowest BCUT2D eigenvalue weighted by atomic mass is 10.1. The van der Waals surface area contributed by atoms with Crippen LogP contribution in [0.4, 0.5) is 17.5 Å². The summed E-state index contributed by atoms with van der Waals surface area (Å²) in [6, 6.07) is 10.6. The van der Waals surface area contributed by atoms with Crippen molar-refractivity contribution >= 4 is 34.0 Å². The Morgan fingerprint density at radius 3 is 2.48 bits per heavy atom. The zero-order chi connectivity index (χ0) is 21.5. The molecule has 0 aromatic carbocycles. The van der Waals surface area contributed by atoms with Gasteiger partial charge in [-0.15, -0.1) is 0 Å². The fourth-order valence-corrected chi connectivity index (χ4v) is 4.32. The predicted molar refractivity (Wildman–Crippen MR) is 127 cm³/mol. The lowest BCUT2D eigenvalue weighted by molar-refractivity contribution is 0.312. The molecule has 0 bridgehead atoms. The highest BCUT2D eigenvalue weighted by Crippen LogP contribution is 2.26. The van der Waals surface area contributed by atoms with Crippen LogP contribution in [0.5, 0.6) is 0 Å². The second-order valence-electron chi connectivity index (χ2n) is 8.75.